The first-order valence-corrected chi connectivity index (χ1v) is 9.68. The normalized spacial score (nSPS) is 18.2. The molecule has 0 fully saturated rings. The number of pyridine rings is 1. The summed E-state index contributed by atoms with van der Waals surface area (Å²) in [6.45, 7) is 3.49. The summed E-state index contributed by atoms with van der Waals surface area (Å²) in [6.07, 6.45) is 3.62. The fraction of sp³-hybridized carbons (Fsp3) is 0.182. The van der Waals surface area contributed by atoms with Crippen LogP contribution in [0.4, 0.5) is 0 Å². The SMILES string of the molecule is CC1=N[C@@H]2NC(N)=CC(c3cc4cc(CNCc5ccccn5)ccc4[nH]3)=C2N1. The Morgan fingerprint density at radius 3 is 2.93 bits per heavy atom. The molecular formula is C22H23N7. The van der Waals surface area contributed by atoms with Crippen LogP contribution in [0, 0.1) is 0 Å². The van der Waals surface area contributed by atoms with Gasteiger partial charge in [0, 0.05) is 41.5 Å². The van der Waals surface area contributed by atoms with E-state index in [2.05, 4.69) is 55.2 Å². The number of aromatic amines is 1. The number of nitrogens with zero attached hydrogens (tertiary/aromatic N) is 2. The van der Waals surface area contributed by atoms with Crippen molar-refractivity contribution in [2.75, 3.05) is 0 Å². The van der Waals surface area contributed by atoms with Crippen molar-refractivity contribution in [3.8, 4) is 0 Å². The van der Waals surface area contributed by atoms with Gasteiger partial charge < -0.3 is 26.7 Å². The second-order valence-electron chi connectivity index (χ2n) is 7.34. The van der Waals surface area contributed by atoms with Crippen LogP contribution < -0.4 is 21.7 Å². The predicted octanol–water partition coefficient (Wildman–Crippen LogP) is 2.31. The molecule has 0 saturated heterocycles. The minimum Gasteiger partial charge on any atom is -0.385 e. The highest BCUT2D eigenvalue weighted by molar-refractivity contribution is 5.93. The molecule has 0 bridgehead atoms. The highest BCUT2D eigenvalue weighted by atomic mass is 15.2. The third-order valence-corrected chi connectivity index (χ3v) is 5.14. The van der Waals surface area contributed by atoms with Crippen LogP contribution in [0.3, 0.4) is 0 Å². The summed E-state index contributed by atoms with van der Waals surface area (Å²) in [6, 6.07) is 14.6. The Bertz CT molecular complexity index is 1150. The molecule has 0 radical (unpaired) electrons. The lowest BCUT2D eigenvalue weighted by atomic mass is 10.0. The third-order valence-electron chi connectivity index (χ3n) is 5.14. The lowest BCUT2D eigenvalue weighted by Gasteiger charge is -2.21. The Kier molecular flexibility index (Phi) is 4.29. The van der Waals surface area contributed by atoms with Crippen molar-refractivity contribution in [2.45, 2.75) is 26.2 Å². The van der Waals surface area contributed by atoms with Gasteiger partial charge in [-0.25, -0.2) is 4.99 Å². The molecule has 29 heavy (non-hydrogen) atoms. The number of dihydropyridines is 1. The predicted molar refractivity (Wildman–Crippen MR) is 115 cm³/mol. The second-order valence-corrected chi connectivity index (χ2v) is 7.34. The van der Waals surface area contributed by atoms with E-state index >= 15 is 0 Å². The van der Waals surface area contributed by atoms with Gasteiger partial charge in [-0.15, -0.1) is 0 Å². The molecule has 2 aliphatic heterocycles. The maximum Gasteiger partial charge on any atom is 0.163 e. The van der Waals surface area contributed by atoms with Crippen molar-refractivity contribution in [1.29, 1.82) is 0 Å². The number of fused-ring (bicyclic) bond motifs is 2. The molecule has 0 saturated carbocycles. The van der Waals surface area contributed by atoms with E-state index in [1.165, 1.54) is 10.9 Å². The smallest absolute Gasteiger partial charge is 0.163 e. The summed E-state index contributed by atoms with van der Waals surface area (Å²) in [4.78, 5) is 12.4. The summed E-state index contributed by atoms with van der Waals surface area (Å²) in [5.74, 6) is 1.50. The summed E-state index contributed by atoms with van der Waals surface area (Å²) in [7, 11) is 0. The van der Waals surface area contributed by atoms with E-state index in [1.54, 1.807) is 0 Å². The minimum absolute atomic E-state index is 0.146. The Labute approximate surface area is 168 Å². The van der Waals surface area contributed by atoms with E-state index in [0.29, 0.717) is 5.82 Å². The fourth-order valence-corrected chi connectivity index (χ4v) is 3.80. The molecular weight excluding hydrogens is 362 g/mol. The van der Waals surface area contributed by atoms with E-state index in [9.17, 15) is 0 Å². The first-order valence-electron chi connectivity index (χ1n) is 9.68. The molecule has 7 heteroatoms. The average Bonchev–Trinajstić information content (AvgIpc) is 3.30. The van der Waals surface area contributed by atoms with Crippen LogP contribution in [-0.2, 0) is 13.1 Å². The summed E-state index contributed by atoms with van der Waals surface area (Å²) < 4.78 is 0. The van der Waals surface area contributed by atoms with Gasteiger partial charge in [0.15, 0.2) is 6.17 Å². The van der Waals surface area contributed by atoms with Crippen molar-refractivity contribution in [1.82, 2.24) is 25.9 Å². The molecule has 1 aromatic carbocycles. The summed E-state index contributed by atoms with van der Waals surface area (Å²) in [5, 5.41) is 11.2. The van der Waals surface area contributed by atoms with E-state index in [0.717, 1.165) is 47.1 Å². The van der Waals surface area contributed by atoms with Crippen molar-refractivity contribution in [2.24, 2.45) is 10.7 Å². The molecule has 7 nitrogen and oxygen atoms in total. The van der Waals surface area contributed by atoms with Gasteiger partial charge in [-0.3, -0.25) is 4.98 Å². The minimum atomic E-state index is -0.146. The van der Waals surface area contributed by atoms with Gasteiger partial charge in [-0.2, -0.15) is 0 Å². The standard InChI is InChI=1S/C22H23N7/c1-13-26-21-17(10-20(23)29-22(21)27-13)19-9-15-8-14(5-6-18(15)28-19)11-24-12-16-4-2-3-7-25-16/h2-10,22,24,28-29H,11-12,23H2,1H3,(H,26,27)/t22-/m1/s1. The average molecular weight is 385 g/mol. The van der Waals surface area contributed by atoms with Gasteiger partial charge in [0.2, 0.25) is 0 Å². The molecule has 0 spiro atoms. The molecule has 4 heterocycles. The topological polar surface area (TPSA) is 103 Å². The van der Waals surface area contributed by atoms with E-state index in [4.69, 9.17) is 5.73 Å². The van der Waals surface area contributed by atoms with Crippen LogP contribution in [0.25, 0.3) is 16.5 Å². The number of nitrogens with one attached hydrogen (secondary N) is 4. The number of amidine groups is 1. The van der Waals surface area contributed by atoms with Crippen LogP contribution in [0.2, 0.25) is 0 Å². The van der Waals surface area contributed by atoms with Gasteiger partial charge in [0.05, 0.1) is 17.2 Å². The zero-order valence-corrected chi connectivity index (χ0v) is 16.2. The van der Waals surface area contributed by atoms with Crippen LogP contribution in [-0.4, -0.2) is 22.0 Å². The van der Waals surface area contributed by atoms with Gasteiger partial charge in [0.1, 0.15) is 5.84 Å². The van der Waals surface area contributed by atoms with Crippen molar-refractivity contribution in [3.05, 3.63) is 83.2 Å². The highest BCUT2D eigenvalue weighted by Crippen LogP contribution is 2.30. The lowest BCUT2D eigenvalue weighted by molar-refractivity contribution is 0.660. The van der Waals surface area contributed by atoms with E-state index < -0.39 is 0 Å². The summed E-state index contributed by atoms with van der Waals surface area (Å²) >= 11 is 0. The van der Waals surface area contributed by atoms with Crippen LogP contribution >= 0.6 is 0 Å². The zero-order chi connectivity index (χ0) is 19.8. The van der Waals surface area contributed by atoms with Gasteiger partial charge in [-0.05, 0) is 48.9 Å². The van der Waals surface area contributed by atoms with Crippen molar-refractivity contribution < 1.29 is 0 Å². The van der Waals surface area contributed by atoms with Crippen LogP contribution in [0.1, 0.15) is 23.9 Å². The Balaban J connectivity index is 1.38. The largest absolute Gasteiger partial charge is 0.385 e. The number of hydrogen-bond acceptors (Lipinski definition) is 6. The number of hydrogen-bond donors (Lipinski definition) is 5. The lowest BCUT2D eigenvalue weighted by Crippen LogP contribution is -2.36. The molecule has 146 valence electrons. The first-order chi connectivity index (χ1) is 14.2. The number of benzene rings is 1. The Hall–Kier alpha value is -3.58. The van der Waals surface area contributed by atoms with Crippen molar-refractivity contribution in [3.63, 3.8) is 0 Å². The molecule has 2 aliphatic rings. The first kappa shape index (κ1) is 17.5. The quantitative estimate of drug-likeness (QED) is 0.464. The fourth-order valence-electron chi connectivity index (χ4n) is 3.80. The van der Waals surface area contributed by atoms with Crippen LogP contribution in [0.15, 0.2) is 71.2 Å². The molecule has 0 amide bonds. The van der Waals surface area contributed by atoms with Crippen LogP contribution in [0.5, 0.6) is 0 Å². The molecule has 0 aliphatic carbocycles. The number of aromatic nitrogens is 2. The molecule has 2 aromatic heterocycles. The monoisotopic (exact) mass is 385 g/mol. The van der Waals surface area contributed by atoms with E-state index in [-0.39, 0.29) is 6.17 Å². The highest BCUT2D eigenvalue weighted by Gasteiger charge is 2.28. The number of allylic oxidation sites excluding steroid dienone is 2. The molecule has 1 atom stereocenters. The molecule has 0 unspecified atom stereocenters. The Morgan fingerprint density at radius 1 is 1.14 bits per heavy atom. The number of nitrogens with two attached hydrogens (primary N) is 1. The zero-order valence-electron chi connectivity index (χ0n) is 16.2. The van der Waals surface area contributed by atoms with Gasteiger partial charge in [0.25, 0.3) is 0 Å². The molecule has 6 N–H and O–H groups in total. The number of aliphatic imine (C=N–C) groups is 1. The van der Waals surface area contributed by atoms with Crippen molar-refractivity contribution >= 4 is 22.3 Å². The second kappa shape index (κ2) is 7.10. The summed E-state index contributed by atoms with van der Waals surface area (Å²) in [5.41, 5.74) is 12.5. The third kappa shape index (κ3) is 3.48. The maximum atomic E-state index is 6.08. The number of H-pyrrole nitrogens is 1. The number of rotatable bonds is 5. The van der Waals surface area contributed by atoms with Gasteiger partial charge in [-0.1, -0.05) is 12.1 Å². The van der Waals surface area contributed by atoms with Gasteiger partial charge >= 0.3 is 0 Å². The Morgan fingerprint density at radius 2 is 2.07 bits per heavy atom. The maximum absolute atomic E-state index is 6.08. The molecule has 3 aromatic rings. The van der Waals surface area contributed by atoms with E-state index in [1.807, 2.05) is 37.4 Å². The molecule has 5 rings (SSSR count).